The molecule has 1 amide bonds. The van der Waals surface area contributed by atoms with Gasteiger partial charge in [0.15, 0.2) is 5.82 Å². The lowest BCUT2D eigenvalue weighted by Gasteiger charge is -2.39. The SMILES string of the molecule is CC(=O)N1CCN([C@@H]2CN([C@H](C)c3nc(C4CC4)no3)C[C@H]2C)CC1. The first kappa shape index (κ1) is 17.0. The summed E-state index contributed by atoms with van der Waals surface area (Å²) in [6, 6.07) is 0.716. The van der Waals surface area contributed by atoms with Crippen LogP contribution in [-0.2, 0) is 4.79 Å². The Morgan fingerprint density at radius 2 is 1.92 bits per heavy atom. The van der Waals surface area contributed by atoms with Crippen LogP contribution in [0.4, 0.5) is 0 Å². The van der Waals surface area contributed by atoms with E-state index in [1.807, 2.05) is 4.90 Å². The van der Waals surface area contributed by atoms with Gasteiger partial charge in [0.1, 0.15) is 0 Å². The third-order valence-corrected chi connectivity index (χ3v) is 6.13. The largest absolute Gasteiger partial charge is 0.340 e. The Kier molecular flexibility index (Phi) is 4.54. The topological polar surface area (TPSA) is 65.7 Å². The minimum atomic E-state index is 0.172. The fraction of sp³-hybridized carbons (Fsp3) is 0.833. The van der Waals surface area contributed by atoms with Gasteiger partial charge < -0.3 is 9.42 Å². The zero-order chi connectivity index (χ0) is 17.6. The first-order valence-corrected chi connectivity index (χ1v) is 9.60. The van der Waals surface area contributed by atoms with Crippen LogP contribution in [0.1, 0.15) is 57.3 Å². The highest BCUT2D eigenvalue weighted by molar-refractivity contribution is 5.73. The lowest BCUT2D eigenvalue weighted by Crippen LogP contribution is -2.53. The summed E-state index contributed by atoms with van der Waals surface area (Å²) >= 11 is 0. The van der Waals surface area contributed by atoms with Crippen LogP contribution < -0.4 is 0 Å². The molecule has 3 fully saturated rings. The summed E-state index contributed by atoms with van der Waals surface area (Å²) in [6.45, 7) is 11.9. The van der Waals surface area contributed by atoms with Crippen LogP contribution in [0.3, 0.4) is 0 Å². The average molecular weight is 347 g/mol. The normalized spacial score (nSPS) is 30.0. The van der Waals surface area contributed by atoms with E-state index in [1.165, 1.54) is 12.8 Å². The zero-order valence-corrected chi connectivity index (χ0v) is 15.5. The van der Waals surface area contributed by atoms with Crippen LogP contribution in [0.2, 0.25) is 0 Å². The van der Waals surface area contributed by atoms with E-state index < -0.39 is 0 Å². The van der Waals surface area contributed by atoms with E-state index in [4.69, 9.17) is 4.52 Å². The molecule has 0 unspecified atom stereocenters. The van der Waals surface area contributed by atoms with Gasteiger partial charge in [-0.3, -0.25) is 14.6 Å². The van der Waals surface area contributed by atoms with E-state index in [9.17, 15) is 4.79 Å². The number of carbonyl (C=O) groups excluding carboxylic acids is 1. The molecule has 4 rings (SSSR count). The fourth-order valence-electron chi connectivity index (χ4n) is 4.23. The Morgan fingerprint density at radius 3 is 2.56 bits per heavy atom. The van der Waals surface area contributed by atoms with Crippen molar-refractivity contribution in [2.45, 2.75) is 51.6 Å². The van der Waals surface area contributed by atoms with Gasteiger partial charge in [0.25, 0.3) is 0 Å². The van der Waals surface area contributed by atoms with Crippen molar-refractivity contribution in [3.8, 4) is 0 Å². The fourth-order valence-corrected chi connectivity index (χ4v) is 4.23. The van der Waals surface area contributed by atoms with E-state index in [1.54, 1.807) is 6.92 Å². The Hall–Kier alpha value is -1.47. The smallest absolute Gasteiger partial charge is 0.243 e. The van der Waals surface area contributed by atoms with Crippen molar-refractivity contribution in [3.63, 3.8) is 0 Å². The summed E-state index contributed by atoms with van der Waals surface area (Å²) in [5.74, 6) is 2.99. The van der Waals surface area contributed by atoms with Gasteiger partial charge >= 0.3 is 0 Å². The summed E-state index contributed by atoms with van der Waals surface area (Å²) in [5.41, 5.74) is 0. The van der Waals surface area contributed by atoms with Gasteiger partial charge in [-0.15, -0.1) is 0 Å². The molecule has 7 nitrogen and oxygen atoms in total. The zero-order valence-electron chi connectivity index (χ0n) is 15.5. The number of rotatable bonds is 4. The molecule has 3 atom stereocenters. The number of nitrogens with zero attached hydrogens (tertiary/aromatic N) is 5. The molecule has 0 bridgehead atoms. The maximum absolute atomic E-state index is 11.5. The number of amides is 1. The predicted molar refractivity (Wildman–Crippen MR) is 93.0 cm³/mol. The molecule has 2 aliphatic heterocycles. The minimum Gasteiger partial charge on any atom is -0.340 e. The highest BCUT2D eigenvalue weighted by atomic mass is 16.5. The highest BCUT2D eigenvalue weighted by Gasteiger charge is 2.39. The number of piperazine rings is 1. The molecule has 1 aromatic rings. The standard InChI is InChI=1S/C18H29N5O2/c1-12-10-23(13(2)18-19-17(20-25-18)15-4-5-15)11-16(12)22-8-6-21(7-9-22)14(3)24/h12-13,15-16H,4-11H2,1-3H3/t12-,13-,16-/m1/s1. The molecule has 1 saturated carbocycles. The first-order valence-electron chi connectivity index (χ1n) is 9.60. The highest BCUT2D eigenvalue weighted by Crippen LogP contribution is 2.39. The van der Waals surface area contributed by atoms with Gasteiger partial charge in [-0.25, -0.2) is 0 Å². The number of carbonyl (C=O) groups is 1. The van der Waals surface area contributed by atoms with Gasteiger partial charge in [-0.2, -0.15) is 4.98 Å². The van der Waals surface area contributed by atoms with E-state index in [-0.39, 0.29) is 11.9 Å². The second kappa shape index (κ2) is 6.68. The first-order chi connectivity index (χ1) is 12.0. The lowest BCUT2D eigenvalue weighted by molar-refractivity contribution is -0.130. The molecule has 0 aromatic carbocycles. The van der Waals surface area contributed by atoms with Gasteiger partial charge in [0.05, 0.1) is 6.04 Å². The number of hydrogen-bond donors (Lipinski definition) is 0. The maximum atomic E-state index is 11.5. The van der Waals surface area contributed by atoms with Crippen LogP contribution in [0.15, 0.2) is 4.52 Å². The number of aromatic nitrogens is 2. The predicted octanol–water partition coefficient (Wildman–Crippen LogP) is 1.49. The molecule has 25 heavy (non-hydrogen) atoms. The van der Waals surface area contributed by atoms with Crippen molar-refractivity contribution in [2.24, 2.45) is 5.92 Å². The molecule has 0 N–H and O–H groups in total. The maximum Gasteiger partial charge on any atom is 0.243 e. The monoisotopic (exact) mass is 347 g/mol. The Bertz CT molecular complexity index is 621. The van der Waals surface area contributed by atoms with E-state index in [2.05, 4.69) is 33.8 Å². The Labute approximate surface area is 149 Å². The van der Waals surface area contributed by atoms with E-state index in [0.717, 1.165) is 51.0 Å². The molecule has 138 valence electrons. The summed E-state index contributed by atoms with van der Waals surface area (Å²) in [5, 5.41) is 4.16. The van der Waals surface area contributed by atoms with Crippen molar-refractivity contribution in [1.82, 2.24) is 24.8 Å². The van der Waals surface area contributed by atoms with Crippen molar-refractivity contribution in [2.75, 3.05) is 39.3 Å². The second-order valence-corrected chi connectivity index (χ2v) is 7.98. The third kappa shape index (κ3) is 3.44. The molecule has 1 aromatic heterocycles. The quantitative estimate of drug-likeness (QED) is 0.822. The molecule has 3 aliphatic rings. The summed E-state index contributed by atoms with van der Waals surface area (Å²) in [4.78, 5) is 23.1. The number of likely N-dealkylation sites (tertiary alicyclic amines) is 1. The summed E-state index contributed by atoms with van der Waals surface area (Å²) in [6.07, 6.45) is 2.39. The van der Waals surface area contributed by atoms with Gasteiger partial charge in [-0.1, -0.05) is 12.1 Å². The van der Waals surface area contributed by atoms with Crippen LogP contribution in [0.5, 0.6) is 0 Å². The van der Waals surface area contributed by atoms with Gasteiger partial charge in [-0.05, 0) is 25.7 Å². The number of hydrogen-bond acceptors (Lipinski definition) is 6. The van der Waals surface area contributed by atoms with Crippen molar-refractivity contribution in [1.29, 1.82) is 0 Å². The van der Waals surface area contributed by atoms with Crippen LogP contribution >= 0.6 is 0 Å². The molecule has 7 heteroatoms. The van der Waals surface area contributed by atoms with Crippen molar-refractivity contribution >= 4 is 5.91 Å². The Balaban J connectivity index is 1.36. The van der Waals surface area contributed by atoms with Crippen molar-refractivity contribution < 1.29 is 9.32 Å². The van der Waals surface area contributed by atoms with Crippen LogP contribution in [0.25, 0.3) is 0 Å². The van der Waals surface area contributed by atoms with Crippen LogP contribution in [-0.4, -0.2) is 76.1 Å². The second-order valence-electron chi connectivity index (χ2n) is 7.98. The van der Waals surface area contributed by atoms with E-state index in [0.29, 0.717) is 17.9 Å². The van der Waals surface area contributed by atoms with Crippen molar-refractivity contribution in [3.05, 3.63) is 11.7 Å². The molecule has 0 spiro atoms. The van der Waals surface area contributed by atoms with Crippen LogP contribution in [0, 0.1) is 5.92 Å². The Morgan fingerprint density at radius 1 is 1.20 bits per heavy atom. The molecule has 2 saturated heterocycles. The molecule has 3 heterocycles. The third-order valence-electron chi connectivity index (χ3n) is 6.13. The van der Waals surface area contributed by atoms with Gasteiger partial charge in [0, 0.05) is 58.2 Å². The lowest BCUT2D eigenvalue weighted by atomic mass is 10.0. The molecular weight excluding hydrogens is 318 g/mol. The summed E-state index contributed by atoms with van der Waals surface area (Å²) < 4.78 is 5.54. The molecular formula is C18H29N5O2. The molecule has 0 radical (unpaired) electrons. The summed E-state index contributed by atoms with van der Waals surface area (Å²) in [7, 11) is 0. The van der Waals surface area contributed by atoms with E-state index >= 15 is 0 Å². The average Bonchev–Trinajstić information content (AvgIpc) is 3.21. The van der Waals surface area contributed by atoms with Gasteiger partial charge in [0.2, 0.25) is 11.8 Å². The minimum absolute atomic E-state index is 0.172. The molecule has 1 aliphatic carbocycles.